The molecule has 0 heterocycles. The number of urea groups is 1. The van der Waals surface area contributed by atoms with Crippen molar-refractivity contribution in [3.05, 3.63) is 29.8 Å². The van der Waals surface area contributed by atoms with Crippen LogP contribution >= 0.6 is 0 Å². The maximum atomic E-state index is 11.7. The number of carbonyl (C=O) groups excluding carboxylic acids is 1. The van der Waals surface area contributed by atoms with E-state index in [0.717, 1.165) is 12.2 Å². The Bertz CT molecular complexity index is 490. The first-order valence-corrected chi connectivity index (χ1v) is 6.90. The Morgan fingerprint density at radius 1 is 1.43 bits per heavy atom. The van der Waals surface area contributed by atoms with E-state index in [2.05, 4.69) is 12.2 Å². The van der Waals surface area contributed by atoms with Crippen molar-refractivity contribution < 1.29 is 19.4 Å². The third kappa shape index (κ3) is 5.72. The maximum Gasteiger partial charge on any atom is 0.325 e. The summed E-state index contributed by atoms with van der Waals surface area (Å²) in [5.41, 5.74) is 1.19. The highest BCUT2D eigenvalue weighted by atomic mass is 16.5. The average Bonchev–Trinajstić information content (AvgIpc) is 2.47. The lowest BCUT2D eigenvalue weighted by molar-refractivity contribution is -0.138. The molecule has 0 radical (unpaired) electrons. The molecule has 21 heavy (non-hydrogen) atoms. The lowest BCUT2D eigenvalue weighted by Gasteiger charge is -2.19. The Labute approximate surface area is 124 Å². The van der Waals surface area contributed by atoms with Crippen molar-refractivity contribution in [3.63, 3.8) is 0 Å². The SMILES string of the molecule is CCc1cccc(OCCN(C)C(=O)NC(C)C(=O)O)c1. The second-order valence-electron chi connectivity index (χ2n) is 4.78. The predicted molar refractivity (Wildman–Crippen MR) is 79.6 cm³/mol. The van der Waals surface area contributed by atoms with E-state index in [0.29, 0.717) is 13.2 Å². The molecule has 1 rings (SSSR count). The van der Waals surface area contributed by atoms with Crippen molar-refractivity contribution in [1.82, 2.24) is 10.2 Å². The number of ether oxygens (including phenoxy) is 1. The molecule has 1 atom stereocenters. The van der Waals surface area contributed by atoms with Gasteiger partial charge in [0.15, 0.2) is 0 Å². The first-order valence-electron chi connectivity index (χ1n) is 6.90. The predicted octanol–water partition coefficient (Wildman–Crippen LogP) is 1.74. The fourth-order valence-electron chi connectivity index (χ4n) is 1.61. The summed E-state index contributed by atoms with van der Waals surface area (Å²) in [4.78, 5) is 23.7. The van der Waals surface area contributed by atoms with Gasteiger partial charge in [-0.15, -0.1) is 0 Å². The number of carbonyl (C=O) groups is 2. The Morgan fingerprint density at radius 3 is 2.76 bits per heavy atom. The molecule has 1 aromatic carbocycles. The third-order valence-electron chi connectivity index (χ3n) is 3.06. The van der Waals surface area contributed by atoms with E-state index in [1.54, 1.807) is 7.05 Å². The topological polar surface area (TPSA) is 78.9 Å². The third-order valence-corrected chi connectivity index (χ3v) is 3.06. The van der Waals surface area contributed by atoms with Crippen molar-refractivity contribution in [1.29, 1.82) is 0 Å². The first-order chi connectivity index (χ1) is 9.93. The van der Waals surface area contributed by atoms with Crippen LogP contribution in [-0.4, -0.2) is 48.2 Å². The van der Waals surface area contributed by atoms with Gasteiger partial charge < -0.3 is 20.1 Å². The Balaban J connectivity index is 2.37. The molecule has 6 nitrogen and oxygen atoms in total. The van der Waals surface area contributed by atoms with Gasteiger partial charge in [-0.25, -0.2) is 4.79 Å². The number of amides is 2. The van der Waals surface area contributed by atoms with Crippen molar-refractivity contribution in [2.45, 2.75) is 26.3 Å². The summed E-state index contributed by atoms with van der Waals surface area (Å²) in [5.74, 6) is -0.300. The van der Waals surface area contributed by atoms with Crippen LogP contribution < -0.4 is 10.1 Å². The smallest absolute Gasteiger partial charge is 0.325 e. The van der Waals surface area contributed by atoms with E-state index in [1.165, 1.54) is 17.4 Å². The number of nitrogens with zero attached hydrogens (tertiary/aromatic N) is 1. The molecule has 0 aliphatic heterocycles. The number of aliphatic carboxylic acids is 1. The minimum Gasteiger partial charge on any atom is -0.492 e. The molecular weight excluding hydrogens is 272 g/mol. The van der Waals surface area contributed by atoms with Crippen molar-refractivity contribution >= 4 is 12.0 Å². The standard InChI is InChI=1S/C15H22N2O4/c1-4-12-6-5-7-13(10-12)21-9-8-17(3)15(20)16-11(2)14(18)19/h5-7,10-11H,4,8-9H2,1-3H3,(H,16,20)(H,18,19). The molecule has 1 aromatic rings. The zero-order valence-electron chi connectivity index (χ0n) is 12.6. The summed E-state index contributed by atoms with van der Waals surface area (Å²) in [6, 6.07) is 6.44. The first kappa shape index (κ1) is 16.8. The van der Waals surface area contributed by atoms with Crippen molar-refractivity contribution in [3.8, 4) is 5.75 Å². The Hall–Kier alpha value is -2.24. The summed E-state index contributed by atoms with van der Waals surface area (Å²) in [6.45, 7) is 4.20. The lowest BCUT2D eigenvalue weighted by Crippen LogP contribution is -2.46. The molecule has 0 spiro atoms. The highest BCUT2D eigenvalue weighted by Gasteiger charge is 2.16. The molecule has 0 aliphatic rings. The molecular formula is C15H22N2O4. The molecule has 116 valence electrons. The number of aryl methyl sites for hydroxylation is 1. The van der Waals surface area contributed by atoms with Gasteiger partial charge in [0.05, 0.1) is 6.54 Å². The van der Waals surface area contributed by atoms with Gasteiger partial charge in [-0.05, 0) is 31.0 Å². The van der Waals surface area contributed by atoms with Gasteiger partial charge in [-0.2, -0.15) is 0 Å². The van der Waals surface area contributed by atoms with E-state index in [1.807, 2.05) is 24.3 Å². The van der Waals surface area contributed by atoms with Crippen molar-refractivity contribution in [2.75, 3.05) is 20.2 Å². The van der Waals surface area contributed by atoms with Crippen LogP contribution in [0, 0.1) is 0 Å². The Kier molecular flexibility index (Phi) is 6.52. The second kappa shape index (κ2) is 8.14. The van der Waals surface area contributed by atoms with Gasteiger partial charge in [0.2, 0.25) is 0 Å². The van der Waals surface area contributed by atoms with Crippen LogP contribution in [0.4, 0.5) is 4.79 Å². The number of carboxylic acids is 1. The average molecular weight is 294 g/mol. The van der Waals surface area contributed by atoms with Gasteiger partial charge in [0.1, 0.15) is 18.4 Å². The molecule has 0 fully saturated rings. The van der Waals surface area contributed by atoms with E-state index in [9.17, 15) is 9.59 Å². The van der Waals surface area contributed by atoms with Crippen LogP contribution in [0.2, 0.25) is 0 Å². The summed E-state index contributed by atoms with van der Waals surface area (Å²) in [5, 5.41) is 11.1. The number of benzene rings is 1. The number of hydrogen-bond donors (Lipinski definition) is 2. The number of nitrogens with one attached hydrogen (secondary N) is 1. The molecule has 2 amide bonds. The van der Waals surface area contributed by atoms with Crippen LogP contribution in [0.1, 0.15) is 19.4 Å². The van der Waals surface area contributed by atoms with Gasteiger partial charge in [-0.3, -0.25) is 4.79 Å². The lowest BCUT2D eigenvalue weighted by atomic mass is 10.2. The highest BCUT2D eigenvalue weighted by Crippen LogP contribution is 2.13. The maximum absolute atomic E-state index is 11.7. The van der Waals surface area contributed by atoms with Crippen molar-refractivity contribution in [2.24, 2.45) is 0 Å². The number of likely N-dealkylation sites (N-methyl/N-ethyl adjacent to an activating group) is 1. The number of hydrogen-bond acceptors (Lipinski definition) is 3. The molecule has 0 aromatic heterocycles. The van der Waals surface area contributed by atoms with E-state index >= 15 is 0 Å². The largest absolute Gasteiger partial charge is 0.492 e. The van der Waals surface area contributed by atoms with Gasteiger partial charge in [-0.1, -0.05) is 19.1 Å². The quantitative estimate of drug-likeness (QED) is 0.803. The van der Waals surface area contributed by atoms with Crippen LogP contribution in [0.3, 0.4) is 0 Å². The summed E-state index contributed by atoms with van der Waals surface area (Å²) in [6.07, 6.45) is 0.937. The minimum absolute atomic E-state index is 0.346. The molecule has 0 bridgehead atoms. The van der Waals surface area contributed by atoms with E-state index in [4.69, 9.17) is 9.84 Å². The number of carboxylic acid groups (broad SMARTS) is 1. The zero-order chi connectivity index (χ0) is 15.8. The van der Waals surface area contributed by atoms with Crippen LogP contribution in [0.25, 0.3) is 0 Å². The van der Waals surface area contributed by atoms with E-state index in [-0.39, 0.29) is 0 Å². The molecule has 0 saturated heterocycles. The molecule has 0 aliphatic carbocycles. The fraction of sp³-hybridized carbons (Fsp3) is 0.467. The van der Waals surface area contributed by atoms with E-state index < -0.39 is 18.0 Å². The molecule has 0 saturated carbocycles. The van der Waals surface area contributed by atoms with Gasteiger partial charge in [0, 0.05) is 7.05 Å². The van der Waals surface area contributed by atoms with Crippen LogP contribution in [-0.2, 0) is 11.2 Å². The minimum atomic E-state index is -1.07. The molecule has 6 heteroatoms. The summed E-state index contributed by atoms with van der Waals surface area (Å²) >= 11 is 0. The van der Waals surface area contributed by atoms with Crippen LogP contribution in [0.5, 0.6) is 5.75 Å². The normalized spacial score (nSPS) is 11.6. The molecule has 1 unspecified atom stereocenters. The second-order valence-corrected chi connectivity index (χ2v) is 4.78. The molecule has 2 N–H and O–H groups in total. The van der Waals surface area contributed by atoms with Gasteiger partial charge >= 0.3 is 12.0 Å². The van der Waals surface area contributed by atoms with Gasteiger partial charge in [0.25, 0.3) is 0 Å². The van der Waals surface area contributed by atoms with Crippen LogP contribution in [0.15, 0.2) is 24.3 Å². The summed E-state index contributed by atoms with van der Waals surface area (Å²) in [7, 11) is 1.59. The highest BCUT2D eigenvalue weighted by molar-refractivity contribution is 5.82. The zero-order valence-corrected chi connectivity index (χ0v) is 12.6. The fourth-order valence-corrected chi connectivity index (χ4v) is 1.61. The number of rotatable bonds is 7. The monoisotopic (exact) mass is 294 g/mol. The Morgan fingerprint density at radius 2 is 2.14 bits per heavy atom. The summed E-state index contributed by atoms with van der Waals surface area (Å²) < 4.78 is 5.58.